The largest absolute Gasteiger partial charge is 0.481 e. The van der Waals surface area contributed by atoms with E-state index in [1.54, 1.807) is 23.5 Å². The summed E-state index contributed by atoms with van der Waals surface area (Å²) in [6.45, 7) is 1.98. The van der Waals surface area contributed by atoms with Crippen LogP contribution in [0.3, 0.4) is 0 Å². The van der Waals surface area contributed by atoms with Crippen LogP contribution in [0.4, 0.5) is 5.69 Å². The Kier molecular flexibility index (Phi) is 4.62. The molecule has 0 spiro atoms. The molecule has 0 bridgehead atoms. The molecule has 122 valence electrons. The summed E-state index contributed by atoms with van der Waals surface area (Å²) in [6.07, 6.45) is 0.656. The Morgan fingerprint density at radius 3 is 2.54 bits per heavy atom. The molecule has 0 unspecified atom stereocenters. The van der Waals surface area contributed by atoms with Crippen LogP contribution in [0.15, 0.2) is 48.5 Å². The molecule has 5 heteroatoms. The van der Waals surface area contributed by atoms with E-state index >= 15 is 0 Å². The average Bonchev–Trinajstić information content (AvgIpc) is 2.95. The highest BCUT2D eigenvalue weighted by Crippen LogP contribution is 2.29. The highest BCUT2D eigenvalue weighted by atomic mass is 32.1. The molecule has 1 heterocycles. The van der Waals surface area contributed by atoms with Crippen molar-refractivity contribution in [2.24, 2.45) is 0 Å². The van der Waals surface area contributed by atoms with Gasteiger partial charge >= 0.3 is 5.97 Å². The van der Waals surface area contributed by atoms with E-state index in [0.717, 1.165) is 26.2 Å². The number of carboxylic acids is 1. The normalized spacial score (nSPS) is 10.7. The van der Waals surface area contributed by atoms with Crippen LogP contribution in [0, 0.1) is 6.92 Å². The van der Waals surface area contributed by atoms with Gasteiger partial charge in [-0.05, 0) is 55.1 Å². The number of hydrogen-bond acceptors (Lipinski definition) is 3. The monoisotopic (exact) mass is 339 g/mol. The van der Waals surface area contributed by atoms with Crippen LogP contribution >= 0.6 is 11.3 Å². The van der Waals surface area contributed by atoms with E-state index < -0.39 is 5.97 Å². The van der Waals surface area contributed by atoms with E-state index in [-0.39, 0.29) is 12.3 Å². The first-order chi connectivity index (χ1) is 11.5. The molecule has 4 nitrogen and oxygen atoms in total. The third-order valence-corrected chi connectivity index (χ3v) is 4.90. The van der Waals surface area contributed by atoms with Gasteiger partial charge in [0.25, 0.3) is 5.91 Å². The Labute approximate surface area is 143 Å². The summed E-state index contributed by atoms with van der Waals surface area (Å²) in [4.78, 5) is 24.0. The summed E-state index contributed by atoms with van der Waals surface area (Å²) in [5.41, 5.74) is 2.46. The molecule has 0 saturated heterocycles. The standard InChI is InChI=1S/C19H17NO3S/c1-12-2-4-13(5-3-12)19(23)20-15-6-8-17-14(10-15)11-16(24-17)7-9-18(21)22/h2-6,8,10-11H,7,9H2,1H3,(H,20,23)(H,21,22). The van der Waals surface area contributed by atoms with Crippen molar-refractivity contribution in [2.75, 3.05) is 5.32 Å². The minimum atomic E-state index is -0.793. The van der Waals surface area contributed by atoms with Crippen molar-refractivity contribution in [1.82, 2.24) is 0 Å². The summed E-state index contributed by atoms with van der Waals surface area (Å²) in [7, 11) is 0. The topological polar surface area (TPSA) is 66.4 Å². The van der Waals surface area contributed by atoms with Crippen LogP contribution in [0.5, 0.6) is 0 Å². The highest BCUT2D eigenvalue weighted by molar-refractivity contribution is 7.19. The number of rotatable bonds is 5. The quantitative estimate of drug-likeness (QED) is 0.720. The second-order valence-electron chi connectivity index (χ2n) is 5.68. The van der Waals surface area contributed by atoms with Crippen molar-refractivity contribution in [3.8, 4) is 0 Å². The summed E-state index contributed by atoms with van der Waals surface area (Å²) in [5.74, 6) is -0.936. The number of anilines is 1. The molecule has 0 aliphatic rings. The molecular weight excluding hydrogens is 322 g/mol. The van der Waals surface area contributed by atoms with E-state index in [2.05, 4.69) is 5.32 Å². The SMILES string of the molecule is Cc1ccc(C(=O)Nc2ccc3sc(CCC(=O)O)cc3c2)cc1. The Hall–Kier alpha value is -2.66. The van der Waals surface area contributed by atoms with Gasteiger partial charge in [0.2, 0.25) is 0 Å². The van der Waals surface area contributed by atoms with Gasteiger partial charge in [-0.25, -0.2) is 0 Å². The average molecular weight is 339 g/mol. The van der Waals surface area contributed by atoms with E-state index in [9.17, 15) is 9.59 Å². The van der Waals surface area contributed by atoms with Crippen LogP contribution in [0.25, 0.3) is 10.1 Å². The van der Waals surface area contributed by atoms with E-state index in [4.69, 9.17) is 5.11 Å². The number of carbonyl (C=O) groups is 2. The van der Waals surface area contributed by atoms with Crippen molar-refractivity contribution in [1.29, 1.82) is 0 Å². The first-order valence-corrected chi connectivity index (χ1v) is 8.45. The van der Waals surface area contributed by atoms with Crippen LogP contribution in [0.1, 0.15) is 27.2 Å². The highest BCUT2D eigenvalue weighted by Gasteiger charge is 2.08. The molecule has 0 fully saturated rings. The van der Waals surface area contributed by atoms with E-state index in [1.165, 1.54) is 0 Å². The maximum absolute atomic E-state index is 12.3. The van der Waals surface area contributed by atoms with Crippen molar-refractivity contribution >= 4 is 39.0 Å². The molecule has 2 N–H and O–H groups in total. The second-order valence-corrected chi connectivity index (χ2v) is 6.85. The Morgan fingerprint density at radius 1 is 1.08 bits per heavy atom. The van der Waals surface area contributed by atoms with Crippen molar-refractivity contribution in [3.05, 3.63) is 64.5 Å². The zero-order valence-electron chi connectivity index (χ0n) is 13.2. The van der Waals surface area contributed by atoms with E-state index in [1.807, 2.05) is 43.3 Å². The van der Waals surface area contributed by atoms with Gasteiger partial charge in [0.05, 0.1) is 6.42 Å². The smallest absolute Gasteiger partial charge is 0.303 e. The molecule has 3 rings (SSSR count). The van der Waals surface area contributed by atoms with E-state index in [0.29, 0.717) is 12.0 Å². The number of fused-ring (bicyclic) bond motifs is 1. The first kappa shape index (κ1) is 16.2. The molecule has 3 aromatic rings. The van der Waals surface area contributed by atoms with Gasteiger partial charge in [-0.15, -0.1) is 11.3 Å². The Balaban J connectivity index is 1.76. The maximum atomic E-state index is 12.3. The van der Waals surface area contributed by atoms with Crippen LogP contribution < -0.4 is 5.32 Å². The van der Waals surface area contributed by atoms with Crippen molar-refractivity contribution in [2.45, 2.75) is 19.8 Å². The van der Waals surface area contributed by atoms with Crippen LogP contribution in [-0.2, 0) is 11.2 Å². The minimum Gasteiger partial charge on any atom is -0.481 e. The van der Waals surface area contributed by atoms with Gasteiger partial charge in [0.15, 0.2) is 0 Å². The third kappa shape index (κ3) is 3.81. The van der Waals surface area contributed by atoms with Crippen LogP contribution in [-0.4, -0.2) is 17.0 Å². The fourth-order valence-corrected chi connectivity index (χ4v) is 3.48. The number of aliphatic carboxylic acids is 1. The summed E-state index contributed by atoms with van der Waals surface area (Å²) in [5, 5.41) is 12.7. The van der Waals surface area contributed by atoms with Gasteiger partial charge in [0, 0.05) is 20.8 Å². The predicted molar refractivity (Wildman–Crippen MR) is 96.9 cm³/mol. The summed E-state index contributed by atoms with van der Waals surface area (Å²) < 4.78 is 1.09. The van der Waals surface area contributed by atoms with Gasteiger partial charge in [0.1, 0.15) is 0 Å². The lowest BCUT2D eigenvalue weighted by Crippen LogP contribution is -2.11. The van der Waals surface area contributed by atoms with Crippen molar-refractivity contribution in [3.63, 3.8) is 0 Å². The zero-order valence-corrected chi connectivity index (χ0v) is 14.0. The number of carboxylic acid groups (broad SMARTS) is 1. The molecule has 0 aliphatic heterocycles. The number of aryl methyl sites for hydroxylation is 2. The minimum absolute atomic E-state index is 0.129. The molecule has 1 amide bonds. The summed E-state index contributed by atoms with van der Waals surface area (Å²) >= 11 is 1.59. The zero-order chi connectivity index (χ0) is 17.1. The molecule has 0 radical (unpaired) electrons. The molecule has 0 atom stereocenters. The van der Waals surface area contributed by atoms with Gasteiger partial charge < -0.3 is 10.4 Å². The molecular formula is C19H17NO3S. The molecule has 24 heavy (non-hydrogen) atoms. The fraction of sp³-hybridized carbons (Fsp3) is 0.158. The number of carbonyl (C=O) groups excluding carboxylic acids is 1. The molecule has 0 saturated carbocycles. The van der Waals surface area contributed by atoms with Gasteiger partial charge in [-0.2, -0.15) is 0 Å². The Morgan fingerprint density at radius 2 is 1.83 bits per heavy atom. The number of nitrogens with one attached hydrogen (secondary N) is 1. The van der Waals surface area contributed by atoms with Gasteiger partial charge in [-0.1, -0.05) is 17.7 Å². The molecule has 0 aliphatic carbocycles. The Bertz CT molecular complexity index is 897. The van der Waals surface area contributed by atoms with Crippen molar-refractivity contribution < 1.29 is 14.7 Å². The maximum Gasteiger partial charge on any atom is 0.303 e. The summed E-state index contributed by atoms with van der Waals surface area (Å²) in [6, 6.07) is 15.2. The number of hydrogen-bond donors (Lipinski definition) is 2. The number of benzene rings is 2. The van der Waals surface area contributed by atoms with Crippen LogP contribution in [0.2, 0.25) is 0 Å². The van der Waals surface area contributed by atoms with Gasteiger partial charge in [-0.3, -0.25) is 9.59 Å². The molecule has 1 aromatic heterocycles. The lowest BCUT2D eigenvalue weighted by Gasteiger charge is -2.05. The number of amides is 1. The lowest BCUT2D eigenvalue weighted by atomic mass is 10.1. The number of thiophene rings is 1. The second kappa shape index (κ2) is 6.84. The third-order valence-electron chi connectivity index (χ3n) is 3.72. The first-order valence-electron chi connectivity index (χ1n) is 7.63. The lowest BCUT2D eigenvalue weighted by molar-refractivity contribution is -0.136. The molecule has 2 aromatic carbocycles. The fourth-order valence-electron chi connectivity index (χ4n) is 2.44. The predicted octanol–water partition coefficient (Wildman–Crippen LogP) is 4.48.